The lowest BCUT2D eigenvalue weighted by Crippen LogP contribution is -2.47. The van der Waals surface area contributed by atoms with Crippen LogP contribution in [0.25, 0.3) is 0 Å². The predicted octanol–water partition coefficient (Wildman–Crippen LogP) is -0.344. The Morgan fingerprint density at radius 3 is 2.50 bits per heavy atom. The van der Waals surface area contributed by atoms with Gasteiger partial charge < -0.3 is 16.2 Å². The number of carboxylic acids is 1. The van der Waals surface area contributed by atoms with Gasteiger partial charge in [0.25, 0.3) is 0 Å². The highest BCUT2D eigenvalue weighted by Gasteiger charge is 2.20. The van der Waals surface area contributed by atoms with Gasteiger partial charge in [0.05, 0.1) is 6.04 Å². The maximum atomic E-state index is 11.1. The van der Waals surface area contributed by atoms with Crippen molar-refractivity contribution in [1.29, 1.82) is 0 Å². The number of carbonyl (C=O) groups is 2. The summed E-state index contributed by atoms with van der Waals surface area (Å²) in [4.78, 5) is 21.8. The molecule has 0 aliphatic carbocycles. The molecule has 0 aromatic heterocycles. The molecule has 0 bridgehead atoms. The summed E-state index contributed by atoms with van der Waals surface area (Å²) in [6, 6.07) is -1.51. The zero-order chi connectivity index (χ0) is 11.1. The second-order valence-electron chi connectivity index (χ2n) is 2.97. The van der Waals surface area contributed by atoms with Gasteiger partial charge in [-0.25, -0.2) is 4.79 Å². The van der Waals surface area contributed by atoms with Crippen molar-refractivity contribution >= 4 is 23.6 Å². The lowest BCUT2D eigenvalue weighted by atomic mass is 10.2. The number of carbonyl (C=O) groups excluding carboxylic acids is 1. The van der Waals surface area contributed by atoms with Crippen molar-refractivity contribution in [2.75, 3.05) is 12.0 Å². The maximum Gasteiger partial charge on any atom is 0.326 e. The highest BCUT2D eigenvalue weighted by atomic mass is 32.2. The van der Waals surface area contributed by atoms with Gasteiger partial charge in [-0.3, -0.25) is 4.79 Å². The first-order valence-corrected chi connectivity index (χ1v) is 5.66. The second kappa shape index (κ2) is 6.67. The number of thioether (sulfide) groups is 1. The zero-order valence-electron chi connectivity index (χ0n) is 8.32. The third-order valence-corrected chi connectivity index (χ3v) is 2.28. The molecule has 0 spiro atoms. The fourth-order valence-electron chi connectivity index (χ4n) is 0.796. The number of rotatable bonds is 6. The van der Waals surface area contributed by atoms with E-state index in [1.54, 1.807) is 0 Å². The van der Waals surface area contributed by atoms with Crippen molar-refractivity contribution in [3.8, 4) is 0 Å². The van der Waals surface area contributed by atoms with Crippen LogP contribution in [0.4, 0.5) is 0 Å². The number of nitrogens with two attached hydrogens (primary N) is 1. The summed E-state index contributed by atoms with van der Waals surface area (Å²) in [5.74, 6) is -0.762. The SMILES string of the molecule is CSCC[C@H](NC(=O)[C@H](C)N)C(=O)O. The number of nitrogens with one attached hydrogen (secondary N) is 1. The normalized spacial score (nSPS) is 14.5. The Balaban J connectivity index is 4.09. The van der Waals surface area contributed by atoms with Crippen molar-refractivity contribution in [1.82, 2.24) is 5.32 Å². The van der Waals surface area contributed by atoms with Crippen LogP contribution in [0, 0.1) is 0 Å². The molecule has 0 aromatic carbocycles. The van der Waals surface area contributed by atoms with E-state index in [1.807, 2.05) is 6.26 Å². The summed E-state index contributed by atoms with van der Waals surface area (Å²) in [7, 11) is 0. The second-order valence-corrected chi connectivity index (χ2v) is 3.96. The molecule has 0 aliphatic rings. The van der Waals surface area contributed by atoms with Crippen LogP contribution in [0.15, 0.2) is 0 Å². The van der Waals surface area contributed by atoms with Gasteiger partial charge in [0.2, 0.25) is 5.91 Å². The number of hydrogen-bond acceptors (Lipinski definition) is 4. The fraction of sp³-hybridized carbons (Fsp3) is 0.750. The van der Waals surface area contributed by atoms with Gasteiger partial charge in [-0.05, 0) is 25.4 Å². The van der Waals surface area contributed by atoms with E-state index in [1.165, 1.54) is 18.7 Å². The number of aliphatic carboxylic acids is 1. The van der Waals surface area contributed by atoms with Crippen LogP contribution in [0.2, 0.25) is 0 Å². The van der Waals surface area contributed by atoms with E-state index >= 15 is 0 Å². The largest absolute Gasteiger partial charge is 0.480 e. The number of hydrogen-bond donors (Lipinski definition) is 3. The molecule has 0 heterocycles. The molecule has 0 fully saturated rings. The van der Waals surface area contributed by atoms with Crippen LogP contribution < -0.4 is 11.1 Å². The molecule has 0 saturated heterocycles. The van der Waals surface area contributed by atoms with Crippen molar-refractivity contribution in [2.45, 2.75) is 25.4 Å². The van der Waals surface area contributed by atoms with Gasteiger partial charge >= 0.3 is 5.97 Å². The highest BCUT2D eigenvalue weighted by molar-refractivity contribution is 7.98. The average molecular weight is 220 g/mol. The van der Waals surface area contributed by atoms with Crippen LogP contribution in [0.1, 0.15) is 13.3 Å². The first-order valence-electron chi connectivity index (χ1n) is 4.26. The smallest absolute Gasteiger partial charge is 0.326 e. The average Bonchev–Trinajstić information content (AvgIpc) is 2.10. The molecule has 5 nitrogen and oxygen atoms in total. The Morgan fingerprint density at radius 1 is 1.57 bits per heavy atom. The summed E-state index contributed by atoms with van der Waals surface area (Å²) < 4.78 is 0. The quantitative estimate of drug-likeness (QED) is 0.569. The lowest BCUT2D eigenvalue weighted by molar-refractivity contribution is -0.142. The first kappa shape index (κ1) is 13.2. The van der Waals surface area contributed by atoms with Crippen LogP contribution in [-0.4, -0.2) is 41.1 Å². The fourth-order valence-corrected chi connectivity index (χ4v) is 1.27. The monoisotopic (exact) mass is 220 g/mol. The molecule has 14 heavy (non-hydrogen) atoms. The predicted molar refractivity (Wildman–Crippen MR) is 56.2 cm³/mol. The first-order chi connectivity index (χ1) is 6.49. The van der Waals surface area contributed by atoms with E-state index < -0.39 is 24.0 Å². The molecule has 0 saturated carbocycles. The van der Waals surface area contributed by atoms with E-state index in [4.69, 9.17) is 10.8 Å². The van der Waals surface area contributed by atoms with Gasteiger partial charge in [-0.1, -0.05) is 0 Å². The van der Waals surface area contributed by atoms with Crippen LogP contribution in [0.3, 0.4) is 0 Å². The van der Waals surface area contributed by atoms with Crippen LogP contribution in [0.5, 0.6) is 0 Å². The molecule has 0 aromatic rings. The molecule has 1 amide bonds. The van der Waals surface area contributed by atoms with E-state index in [9.17, 15) is 9.59 Å². The van der Waals surface area contributed by atoms with E-state index in [0.29, 0.717) is 12.2 Å². The minimum absolute atomic E-state index is 0.412. The summed E-state index contributed by atoms with van der Waals surface area (Å²) in [6.45, 7) is 1.52. The van der Waals surface area contributed by atoms with Crippen molar-refractivity contribution < 1.29 is 14.7 Å². The van der Waals surface area contributed by atoms with Crippen LogP contribution in [-0.2, 0) is 9.59 Å². The Kier molecular flexibility index (Phi) is 6.31. The van der Waals surface area contributed by atoms with Crippen molar-refractivity contribution in [2.24, 2.45) is 5.73 Å². The maximum absolute atomic E-state index is 11.1. The summed E-state index contributed by atoms with van der Waals surface area (Å²) >= 11 is 1.54. The minimum atomic E-state index is -1.02. The summed E-state index contributed by atoms with van der Waals surface area (Å²) in [6.07, 6.45) is 2.29. The highest BCUT2D eigenvalue weighted by Crippen LogP contribution is 2.01. The van der Waals surface area contributed by atoms with Crippen molar-refractivity contribution in [3.05, 3.63) is 0 Å². The molecular weight excluding hydrogens is 204 g/mol. The summed E-state index contributed by atoms with van der Waals surface area (Å²) in [5, 5.41) is 11.1. The molecule has 0 radical (unpaired) electrons. The standard InChI is InChI=1S/C8H16N2O3S/c1-5(9)7(11)10-6(8(12)13)3-4-14-2/h5-6H,3-4,9H2,1-2H3,(H,10,11)(H,12,13)/t5-,6-/m0/s1. The molecule has 6 heteroatoms. The van der Waals surface area contributed by atoms with Crippen molar-refractivity contribution in [3.63, 3.8) is 0 Å². The lowest BCUT2D eigenvalue weighted by Gasteiger charge is -2.15. The Labute approximate surface area is 87.4 Å². The minimum Gasteiger partial charge on any atom is -0.480 e. The molecule has 2 atom stereocenters. The third kappa shape index (κ3) is 5.08. The van der Waals surface area contributed by atoms with Gasteiger partial charge in [0, 0.05) is 0 Å². The molecular formula is C8H16N2O3S. The number of carboxylic acid groups (broad SMARTS) is 1. The molecule has 0 aliphatic heterocycles. The van der Waals surface area contributed by atoms with Gasteiger partial charge in [0.15, 0.2) is 0 Å². The summed E-state index contributed by atoms with van der Waals surface area (Å²) in [5.41, 5.74) is 5.30. The van der Waals surface area contributed by atoms with Crippen LogP contribution >= 0.6 is 11.8 Å². The van der Waals surface area contributed by atoms with E-state index in [2.05, 4.69) is 5.32 Å². The zero-order valence-corrected chi connectivity index (χ0v) is 9.13. The number of amides is 1. The molecule has 82 valence electrons. The Bertz CT molecular complexity index is 209. The van der Waals surface area contributed by atoms with Gasteiger partial charge in [0.1, 0.15) is 6.04 Å². The topological polar surface area (TPSA) is 92.4 Å². The molecule has 4 N–H and O–H groups in total. The molecule has 0 rings (SSSR count). The molecule has 0 unspecified atom stereocenters. The van der Waals surface area contributed by atoms with E-state index in [-0.39, 0.29) is 0 Å². The Morgan fingerprint density at radius 2 is 2.14 bits per heavy atom. The van der Waals surface area contributed by atoms with E-state index in [0.717, 1.165) is 0 Å². The Hall–Kier alpha value is -0.750. The van der Waals surface area contributed by atoms with Gasteiger partial charge in [-0.2, -0.15) is 11.8 Å². The van der Waals surface area contributed by atoms with Gasteiger partial charge in [-0.15, -0.1) is 0 Å². The third-order valence-electron chi connectivity index (χ3n) is 1.64.